The smallest absolute Gasteiger partial charge is 0.231 e. The Bertz CT molecular complexity index is 646. The Kier molecular flexibility index (Phi) is 4.54. The summed E-state index contributed by atoms with van der Waals surface area (Å²) in [7, 11) is 0. The molecule has 2 aromatic carbocycles. The van der Waals surface area contributed by atoms with Crippen LogP contribution < -0.4 is 14.8 Å². The van der Waals surface area contributed by atoms with E-state index >= 15 is 0 Å². The second kappa shape index (κ2) is 6.56. The lowest BCUT2D eigenvalue weighted by Gasteiger charge is -2.09. The molecular weight excluding hydrogens is 309 g/mol. The molecule has 21 heavy (non-hydrogen) atoms. The van der Waals surface area contributed by atoms with E-state index in [0.717, 1.165) is 42.1 Å². The molecule has 0 radical (unpaired) electrons. The Balaban J connectivity index is 1.54. The highest BCUT2D eigenvalue weighted by atomic mass is 35.5. The Hall–Kier alpha value is -1.42. The van der Waals surface area contributed by atoms with E-state index in [9.17, 15) is 0 Å². The van der Waals surface area contributed by atoms with Crippen molar-refractivity contribution in [3.63, 3.8) is 0 Å². The van der Waals surface area contributed by atoms with Crippen molar-refractivity contribution < 1.29 is 9.47 Å². The van der Waals surface area contributed by atoms with Crippen LogP contribution in [0.25, 0.3) is 0 Å². The molecule has 2 aromatic rings. The van der Waals surface area contributed by atoms with Crippen molar-refractivity contribution in [1.82, 2.24) is 5.32 Å². The maximum absolute atomic E-state index is 6.15. The van der Waals surface area contributed by atoms with Gasteiger partial charge in [0.05, 0.1) is 0 Å². The van der Waals surface area contributed by atoms with Gasteiger partial charge < -0.3 is 14.8 Å². The lowest BCUT2D eigenvalue weighted by molar-refractivity contribution is 0.173. The summed E-state index contributed by atoms with van der Waals surface area (Å²) >= 11 is 12.0. The zero-order valence-electron chi connectivity index (χ0n) is 11.4. The normalized spacial score (nSPS) is 12.7. The van der Waals surface area contributed by atoms with Gasteiger partial charge in [0.2, 0.25) is 6.79 Å². The summed E-state index contributed by atoms with van der Waals surface area (Å²) in [6.07, 6.45) is 0.850. The number of para-hydroxylation sites is 1. The molecule has 5 heteroatoms. The van der Waals surface area contributed by atoms with Gasteiger partial charge in [-0.25, -0.2) is 0 Å². The van der Waals surface area contributed by atoms with Gasteiger partial charge >= 0.3 is 0 Å². The van der Waals surface area contributed by atoms with E-state index in [4.69, 9.17) is 32.7 Å². The van der Waals surface area contributed by atoms with Crippen LogP contribution in [-0.4, -0.2) is 13.3 Å². The third-order valence-corrected chi connectivity index (χ3v) is 3.97. The summed E-state index contributed by atoms with van der Waals surface area (Å²) in [6, 6.07) is 11.5. The number of hydrogen-bond acceptors (Lipinski definition) is 3. The molecule has 1 N–H and O–H groups in total. The number of hydrogen-bond donors (Lipinski definition) is 1. The zero-order chi connectivity index (χ0) is 14.7. The fraction of sp³-hybridized carbons (Fsp3) is 0.250. The van der Waals surface area contributed by atoms with Crippen LogP contribution >= 0.6 is 23.2 Å². The van der Waals surface area contributed by atoms with E-state index in [1.54, 1.807) is 6.07 Å². The Morgan fingerprint density at radius 3 is 2.81 bits per heavy atom. The average molecular weight is 324 g/mol. The minimum Gasteiger partial charge on any atom is -0.454 e. The molecule has 1 aliphatic heterocycles. The topological polar surface area (TPSA) is 30.5 Å². The number of halogens is 2. The lowest BCUT2D eigenvalue weighted by Crippen LogP contribution is -2.17. The summed E-state index contributed by atoms with van der Waals surface area (Å²) in [5.74, 6) is 1.66. The van der Waals surface area contributed by atoms with E-state index in [2.05, 4.69) is 5.32 Å². The third-order valence-electron chi connectivity index (χ3n) is 3.38. The molecule has 0 fully saturated rings. The third kappa shape index (κ3) is 3.43. The van der Waals surface area contributed by atoms with Crippen LogP contribution in [0.3, 0.4) is 0 Å². The number of fused-ring (bicyclic) bond motifs is 1. The molecule has 0 amide bonds. The molecule has 0 saturated carbocycles. The molecule has 3 rings (SSSR count). The van der Waals surface area contributed by atoms with E-state index < -0.39 is 0 Å². The minimum atomic E-state index is 0.298. The first-order valence-corrected chi connectivity index (χ1v) is 7.52. The van der Waals surface area contributed by atoms with E-state index in [-0.39, 0.29) is 0 Å². The highest BCUT2D eigenvalue weighted by Crippen LogP contribution is 2.35. The van der Waals surface area contributed by atoms with Crippen molar-refractivity contribution in [2.45, 2.75) is 13.0 Å². The standard InChI is InChI=1S/C16H15Cl2NO2/c17-13-5-4-11(14(18)8-13)6-7-19-9-12-2-1-3-15-16(12)21-10-20-15/h1-5,8,19H,6-7,9-10H2. The zero-order valence-corrected chi connectivity index (χ0v) is 12.9. The van der Waals surface area contributed by atoms with Crippen LogP contribution in [0.2, 0.25) is 10.0 Å². The molecule has 1 aliphatic rings. The molecule has 110 valence electrons. The van der Waals surface area contributed by atoms with Gasteiger partial charge in [-0.1, -0.05) is 41.4 Å². The van der Waals surface area contributed by atoms with Gasteiger partial charge in [-0.2, -0.15) is 0 Å². The summed E-state index contributed by atoms with van der Waals surface area (Å²) in [5, 5.41) is 4.77. The number of nitrogens with one attached hydrogen (secondary N) is 1. The van der Waals surface area contributed by atoms with E-state index in [1.807, 2.05) is 30.3 Å². The van der Waals surface area contributed by atoms with Crippen molar-refractivity contribution >= 4 is 23.2 Å². The van der Waals surface area contributed by atoms with Crippen LogP contribution in [0.15, 0.2) is 36.4 Å². The van der Waals surface area contributed by atoms with Gasteiger partial charge in [-0.05, 0) is 36.7 Å². The Morgan fingerprint density at radius 1 is 1.05 bits per heavy atom. The largest absolute Gasteiger partial charge is 0.454 e. The first kappa shape index (κ1) is 14.5. The first-order chi connectivity index (χ1) is 10.2. The summed E-state index contributed by atoms with van der Waals surface area (Å²) in [5.41, 5.74) is 2.19. The predicted molar refractivity (Wildman–Crippen MR) is 84.4 cm³/mol. The van der Waals surface area contributed by atoms with Gasteiger partial charge in [0, 0.05) is 22.2 Å². The first-order valence-electron chi connectivity index (χ1n) is 6.76. The van der Waals surface area contributed by atoms with Gasteiger partial charge in [-0.3, -0.25) is 0 Å². The van der Waals surface area contributed by atoms with E-state index in [1.165, 1.54) is 0 Å². The second-order valence-corrected chi connectivity index (χ2v) is 5.66. The minimum absolute atomic E-state index is 0.298. The summed E-state index contributed by atoms with van der Waals surface area (Å²) < 4.78 is 10.8. The quantitative estimate of drug-likeness (QED) is 0.842. The molecule has 0 unspecified atom stereocenters. The summed E-state index contributed by atoms with van der Waals surface area (Å²) in [4.78, 5) is 0. The Morgan fingerprint density at radius 2 is 1.95 bits per heavy atom. The molecule has 3 nitrogen and oxygen atoms in total. The van der Waals surface area contributed by atoms with Crippen LogP contribution in [0.1, 0.15) is 11.1 Å². The number of rotatable bonds is 5. The van der Waals surface area contributed by atoms with Crippen molar-refractivity contribution in [2.24, 2.45) is 0 Å². The number of benzene rings is 2. The fourth-order valence-electron chi connectivity index (χ4n) is 2.30. The molecular formula is C16H15Cl2NO2. The molecule has 0 bridgehead atoms. The van der Waals surface area contributed by atoms with Gasteiger partial charge in [-0.15, -0.1) is 0 Å². The maximum atomic E-state index is 6.15. The van der Waals surface area contributed by atoms with Crippen LogP contribution in [0, 0.1) is 0 Å². The highest BCUT2D eigenvalue weighted by Gasteiger charge is 2.16. The summed E-state index contributed by atoms with van der Waals surface area (Å²) in [6.45, 7) is 1.86. The monoisotopic (exact) mass is 323 g/mol. The van der Waals surface area contributed by atoms with Crippen molar-refractivity contribution in [2.75, 3.05) is 13.3 Å². The van der Waals surface area contributed by atoms with Crippen LogP contribution in [-0.2, 0) is 13.0 Å². The Labute approximate surface area is 133 Å². The predicted octanol–water partition coefficient (Wildman–Crippen LogP) is 4.05. The van der Waals surface area contributed by atoms with Crippen molar-refractivity contribution in [3.8, 4) is 11.5 Å². The fourth-order valence-corrected chi connectivity index (χ4v) is 2.80. The molecule has 0 aliphatic carbocycles. The van der Waals surface area contributed by atoms with Crippen LogP contribution in [0.4, 0.5) is 0 Å². The SMILES string of the molecule is Clc1ccc(CCNCc2cccc3c2OCO3)c(Cl)c1. The van der Waals surface area contributed by atoms with Gasteiger partial charge in [0.25, 0.3) is 0 Å². The van der Waals surface area contributed by atoms with Crippen LogP contribution in [0.5, 0.6) is 11.5 Å². The van der Waals surface area contributed by atoms with Crippen molar-refractivity contribution in [3.05, 3.63) is 57.6 Å². The van der Waals surface area contributed by atoms with E-state index in [0.29, 0.717) is 16.8 Å². The average Bonchev–Trinajstić information content (AvgIpc) is 2.94. The van der Waals surface area contributed by atoms with Gasteiger partial charge in [0.15, 0.2) is 11.5 Å². The molecule has 1 heterocycles. The number of ether oxygens (including phenoxy) is 2. The highest BCUT2D eigenvalue weighted by molar-refractivity contribution is 6.35. The van der Waals surface area contributed by atoms with Crippen molar-refractivity contribution in [1.29, 1.82) is 0 Å². The molecule has 0 atom stereocenters. The lowest BCUT2D eigenvalue weighted by atomic mass is 10.1. The molecule has 0 spiro atoms. The molecule has 0 aromatic heterocycles. The second-order valence-electron chi connectivity index (χ2n) is 4.81. The maximum Gasteiger partial charge on any atom is 0.231 e. The van der Waals surface area contributed by atoms with Gasteiger partial charge in [0.1, 0.15) is 0 Å². The molecule has 0 saturated heterocycles.